The minimum atomic E-state index is -0.486. The van der Waals surface area contributed by atoms with Crippen molar-refractivity contribution in [2.24, 2.45) is 5.10 Å². The highest BCUT2D eigenvalue weighted by Crippen LogP contribution is 2.39. The molecule has 0 bridgehead atoms. The van der Waals surface area contributed by atoms with Gasteiger partial charge in [-0.1, -0.05) is 71.8 Å². The van der Waals surface area contributed by atoms with E-state index >= 15 is 0 Å². The minimum absolute atomic E-state index is 0.277. The van der Waals surface area contributed by atoms with E-state index < -0.39 is 11.9 Å². The number of halogens is 1. The first-order valence-corrected chi connectivity index (χ1v) is 12.5. The van der Waals surface area contributed by atoms with Crippen molar-refractivity contribution in [1.29, 1.82) is 0 Å². The zero-order chi connectivity index (χ0) is 27.4. The molecule has 1 aromatic heterocycles. The molecule has 2 N–H and O–H groups in total. The van der Waals surface area contributed by atoms with Crippen LogP contribution in [0.4, 0.5) is 0 Å². The first-order chi connectivity index (χ1) is 19.0. The Kier molecular flexibility index (Phi) is 7.43. The van der Waals surface area contributed by atoms with Crippen LogP contribution in [0.25, 0.3) is 22.0 Å². The number of amides is 1. The van der Waals surface area contributed by atoms with Gasteiger partial charge in [0.15, 0.2) is 0 Å². The molecule has 4 aromatic carbocycles. The standard InChI is InChI=1S/C31H24ClN3O4/c1-19-9-7-11-20(17-19)31(37)39-25-15-6-3-10-21(25)18-33-35-30(36)29-27(22-12-4-5-14-24(22)32)23-13-8-16-26(38-2)28(23)34-29/h3-18,34H,1-2H3,(H,35,36). The normalized spacial score (nSPS) is 11.1. The molecule has 0 aliphatic rings. The molecule has 5 rings (SSSR count). The van der Waals surface area contributed by atoms with E-state index in [1.807, 2.05) is 49.4 Å². The third-order valence-electron chi connectivity index (χ3n) is 6.13. The summed E-state index contributed by atoms with van der Waals surface area (Å²) in [5, 5.41) is 5.43. The number of methoxy groups -OCH3 is 1. The number of benzene rings is 4. The predicted molar refractivity (Wildman–Crippen MR) is 153 cm³/mol. The number of H-pyrrole nitrogens is 1. The van der Waals surface area contributed by atoms with Crippen molar-refractivity contribution in [3.8, 4) is 22.6 Å². The Hall–Kier alpha value is -4.88. The van der Waals surface area contributed by atoms with Crippen LogP contribution in [0.15, 0.2) is 96.1 Å². The smallest absolute Gasteiger partial charge is 0.343 e. The highest BCUT2D eigenvalue weighted by Gasteiger charge is 2.22. The van der Waals surface area contributed by atoms with E-state index in [-0.39, 0.29) is 5.69 Å². The van der Waals surface area contributed by atoms with E-state index in [4.69, 9.17) is 21.1 Å². The fraction of sp³-hybridized carbons (Fsp3) is 0.0645. The average Bonchev–Trinajstić information content (AvgIpc) is 3.34. The summed E-state index contributed by atoms with van der Waals surface area (Å²) in [5.74, 6) is -0.0598. The van der Waals surface area contributed by atoms with Gasteiger partial charge in [-0.15, -0.1) is 0 Å². The van der Waals surface area contributed by atoms with Crippen LogP contribution in [-0.2, 0) is 0 Å². The molecule has 0 aliphatic heterocycles. The molecular weight excluding hydrogens is 514 g/mol. The number of hydrogen-bond donors (Lipinski definition) is 2. The number of ether oxygens (including phenoxy) is 2. The fourth-order valence-corrected chi connectivity index (χ4v) is 4.53. The molecule has 0 saturated carbocycles. The van der Waals surface area contributed by atoms with Crippen LogP contribution in [0.2, 0.25) is 5.02 Å². The molecule has 0 aliphatic carbocycles. The summed E-state index contributed by atoms with van der Waals surface area (Å²) < 4.78 is 11.1. The molecule has 0 atom stereocenters. The van der Waals surface area contributed by atoms with Crippen molar-refractivity contribution < 1.29 is 19.1 Å². The summed E-state index contributed by atoms with van der Waals surface area (Å²) in [6.45, 7) is 1.90. The molecule has 0 spiro atoms. The Morgan fingerprint density at radius 2 is 1.67 bits per heavy atom. The molecule has 1 amide bonds. The van der Waals surface area contributed by atoms with Crippen LogP contribution < -0.4 is 14.9 Å². The topological polar surface area (TPSA) is 92.8 Å². The van der Waals surface area contributed by atoms with Crippen molar-refractivity contribution in [2.45, 2.75) is 6.92 Å². The predicted octanol–water partition coefficient (Wildman–Crippen LogP) is 6.79. The van der Waals surface area contributed by atoms with Gasteiger partial charge in [-0.05, 0) is 43.3 Å². The van der Waals surface area contributed by atoms with Gasteiger partial charge in [-0.25, -0.2) is 10.2 Å². The van der Waals surface area contributed by atoms with Crippen molar-refractivity contribution in [2.75, 3.05) is 7.11 Å². The molecule has 0 saturated heterocycles. The summed E-state index contributed by atoms with van der Waals surface area (Å²) >= 11 is 6.51. The van der Waals surface area contributed by atoms with Gasteiger partial charge in [0, 0.05) is 27.1 Å². The fourth-order valence-electron chi connectivity index (χ4n) is 4.30. The molecule has 194 valence electrons. The molecule has 1 heterocycles. The van der Waals surface area contributed by atoms with Gasteiger partial charge in [0.2, 0.25) is 0 Å². The van der Waals surface area contributed by atoms with E-state index in [0.29, 0.717) is 44.3 Å². The summed E-state index contributed by atoms with van der Waals surface area (Å²) in [6.07, 6.45) is 1.43. The maximum absolute atomic E-state index is 13.4. The lowest BCUT2D eigenvalue weighted by atomic mass is 10.0. The number of nitrogens with one attached hydrogen (secondary N) is 2. The monoisotopic (exact) mass is 537 g/mol. The number of aromatic nitrogens is 1. The third-order valence-corrected chi connectivity index (χ3v) is 6.46. The maximum Gasteiger partial charge on any atom is 0.343 e. The van der Waals surface area contributed by atoms with Crippen molar-refractivity contribution in [1.82, 2.24) is 10.4 Å². The van der Waals surface area contributed by atoms with Crippen LogP contribution in [0, 0.1) is 6.92 Å². The van der Waals surface area contributed by atoms with Crippen LogP contribution in [0.1, 0.15) is 32.0 Å². The first kappa shape index (κ1) is 25.8. The van der Waals surface area contributed by atoms with Gasteiger partial charge < -0.3 is 14.5 Å². The second-order valence-electron chi connectivity index (χ2n) is 8.73. The SMILES string of the molecule is COc1cccc2c(-c3ccccc3Cl)c(C(=O)NN=Cc3ccccc3OC(=O)c3cccc(C)c3)[nH]c12. The highest BCUT2D eigenvalue weighted by molar-refractivity contribution is 6.34. The summed E-state index contributed by atoms with van der Waals surface area (Å²) in [6, 6.07) is 26.9. The lowest BCUT2D eigenvalue weighted by Gasteiger charge is -2.08. The molecular formula is C31H24ClN3O4. The maximum atomic E-state index is 13.4. The zero-order valence-electron chi connectivity index (χ0n) is 21.2. The number of aryl methyl sites for hydroxylation is 1. The number of para-hydroxylation sites is 2. The van der Waals surface area contributed by atoms with Crippen LogP contribution in [-0.4, -0.2) is 30.2 Å². The van der Waals surface area contributed by atoms with Gasteiger partial charge in [0.1, 0.15) is 17.2 Å². The van der Waals surface area contributed by atoms with Crippen LogP contribution >= 0.6 is 11.6 Å². The Bertz CT molecular complexity index is 1720. The summed E-state index contributed by atoms with van der Waals surface area (Å²) in [7, 11) is 1.57. The van der Waals surface area contributed by atoms with Crippen LogP contribution in [0.5, 0.6) is 11.5 Å². The molecule has 39 heavy (non-hydrogen) atoms. The number of fused-ring (bicyclic) bond motifs is 1. The Morgan fingerprint density at radius 3 is 2.46 bits per heavy atom. The lowest BCUT2D eigenvalue weighted by molar-refractivity contribution is 0.0734. The van der Waals surface area contributed by atoms with Gasteiger partial charge in [0.25, 0.3) is 5.91 Å². The number of hydrogen-bond acceptors (Lipinski definition) is 5. The number of aromatic amines is 1. The molecule has 8 heteroatoms. The van der Waals surface area contributed by atoms with Crippen molar-refractivity contribution >= 4 is 40.6 Å². The Labute approximate surface area is 230 Å². The lowest BCUT2D eigenvalue weighted by Crippen LogP contribution is -2.19. The minimum Gasteiger partial charge on any atom is -0.495 e. The molecule has 7 nitrogen and oxygen atoms in total. The van der Waals surface area contributed by atoms with Gasteiger partial charge in [-0.2, -0.15) is 5.10 Å². The van der Waals surface area contributed by atoms with E-state index in [1.165, 1.54) is 6.21 Å². The second-order valence-corrected chi connectivity index (χ2v) is 9.14. The van der Waals surface area contributed by atoms with Crippen molar-refractivity contribution in [3.05, 3.63) is 118 Å². The average molecular weight is 538 g/mol. The highest BCUT2D eigenvalue weighted by atomic mass is 35.5. The number of carbonyl (C=O) groups excluding carboxylic acids is 2. The van der Waals surface area contributed by atoms with Crippen molar-refractivity contribution in [3.63, 3.8) is 0 Å². The summed E-state index contributed by atoms with van der Waals surface area (Å²) in [5.41, 5.74) is 6.75. The number of carbonyl (C=O) groups is 2. The molecule has 5 aromatic rings. The van der Waals surface area contributed by atoms with E-state index in [1.54, 1.807) is 55.6 Å². The van der Waals surface area contributed by atoms with Gasteiger partial charge in [-0.3, -0.25) is 4.79 Å². The van der Waals surface area contributed by atoms with Gasteiger partial charge in [0.05, 0.1) is 24.4 Å². The summed E-state index contributed by atoms with van der Waals surface area (Å²) in [4.78, 5) is 29.2. The number of esters is 1. The number of nitrogens with zero attached hydrogens (tertiary/aromatic N) is 1. The van der Waals surface area contributed by atoms with Crippen LogP contribution in [0.3, 0.4) is 0 Å². The second kappa shape index (κ2) is 11.2. The van der Waals surface area contributed by atoms with E-state index in [2.05, 4.69) is 15.5 Å². The molecule has 0 radical (unpaired) electrons. The number of rotatable bonds is 7. The third kappa shape index (κ3) is 5.39. The number of hydrazone groups is 1. The zero-order valence-corrected chi connectivity index (χ0v) is 22.0. The van der Waals surface area contributed by atoms with E-state index in [9.17, 15) is 9.59 Å². The van der Waals surface area contributed by atoms with E-state index in [0.717, 1.165) is 10.9 Å². The molecule has 0 unspecified atom stereocenters. The quantitative estimate of drug-likeness (QED) is 0.103. The first-order valence-electron chi connectivity index (χ1n) is 12.1. The Morgan fingerprint density at radius 1 is 0.923 bits per heavy atom. The molecule has 0 fully saturated rings. The largest absolute Gasteiger partial charge is 0.495 e. The van der Waals surface area contributed by atoms with Gasteiger partial charge >= 0.3 is 5.97 Å². The Balaban J connectivity index is 1.43.